The Morgan fingerprint density at radius 1 is 1.06 bits per heavy atom. The SMILES string of the molecule is CCC(C)CCC1(C)CC1C(C(C)C)C(C)CC. The molecule has 0 N–H and O–H groups in total. The molecule has 5 unspecified atom stereocenters. The van der Waals surface area contributed by atoms with Gasteiger partial charge in [0.05, 0.1) is 0 Å². The highest BCUT2D eigenvalue weighted by atomic mass is 14.6. The van der Waals surface area contributed by atoms with Crippen LogP contribution in [-0.4, -0.2) is 0 Å². The third-order valence-corrected chi connectivity index (χ3v) is 5.86. The zero-order valence-corrected chi connectivity index (χ0v) is 13.9. The van der Waals surface area contributed by atoms with Crippen LogP contribution in [0.2, 0.25) is 0 Å². The van der Waals surface area contributed by atoms with Gasteiger partial charge in [0.15, 0.2) is 0 Å². The Morgan fingerprint density at radius 2 is 1.67 bits per heavy atom. The van der Waals surface area contributed by atoms with Crippen molar-refractivity contribution >= 4 is 0 Å². The molecule has 5 atom stereocenters. The maximum atomic E-state index is 2.55. The van der Waals surface area contributed by atoms with Crippen LogP contribution in [0.3, 0.4) is 0 Å². The second-order valence-corrected chi connectivity index (χ2v) is 7.72. The molecule has 108 valence electrons. The first kappa shape index (κ1) is 16.1. The summed E-state index contributed by atoms with van der Waals surface area (Å²) in [5, 5.41) is 0. The van der Waals surface area contributed by atoms with E-state index in [1.54, 1.807) is 0 Å². The van der Waals surface area contributed by atoms with Crippen LogP contribution in [0.1, 0.15) is 80.6 Å². The van der Waals surface area contributed by atoms with E-state index in [9.17, 15) is 0 Å². The van der Waals surface area contributed by atoms with Gasteiger partial charge in [0, 0.05) is 0 Å². The van der Waals surface area contributed by atoms with Crippen molar-refractivity contribution in [3.63, 3.8) is 0 Å². The van der Waals surface area contributed by atoms with Crippen molar-refractivity contribution in [1.82, 2.24) is 0 Å². The maximum Gasteiger partial charge on any atom is -0.0291 e. The van der Waals surface area contributed by atoms with E-state index in [1.165, 1.54) is 32.1 Å². The zero-order valence-electron chi connectivity index (χ0n) is 13.9. The number of hydrogen-bond acceptors (Lipinski definition) is 0. The third-order valence-electron chi connectivity index (χ3n) is 5.86. The molecule has 1 aliphatic rings. The van der Waals surface area contributed by atoms with Gasteiger partial charge in [-0.2, -0.15) is 0 Å². The fraction of sp³-hybridized carbons (Fsp3) is 1.00. The van der Waals surface area contributed by atoms with Gasteiger partial charge in [0.2, 0.25) is 0 Å². The molecule has 0 radical (unpaired) electrons. The summed E-state index contributed by atoms with van der Waals surface area (Å²) in [6.07, 6.45) is 7.10. The topological polar surface area (TPSA) is 0 Å². The van der Waals surface area contributed by atoms with E-state index < -0.39 is 0 Å². The Bertz CT molecular complexity index is 242. The molecule has 0 saturated heterocycles. The predicted octanol–water partition coefficient (Wildman–Crippen LogP) is 6.16. The van der Waals surface area contributed by atoms with E-state index in [4.69, 9.17) is 0 Å². The monoisotopic (exact) mass is 252 g/mol. The van der Waals surface area contributed by atoms with Gasteiger partial charge in [0.25, 0.3) is 0 Å². The van der Waals surface area contributed by atoms with Gasteiger partial charge in [-0.1, -0.05) is 67.7 Å². The third kappa shape index (κ3) is 3.75. The van der Waals surface area contributed by atoms with Crippen LogP contribution in [0.5, 0.6) is 0 Å². The molecule has 0 heteroatoms. The summed E-state index contributed by atoms with van der Waals surface area (Å²) >= 11 is 0. The Balaban J connectivity index is 2.53. The summed E-state index contributed by atoms with van der Waals surface area (Å²) < 4.78 is 0. The van der Waals surface area contributed by atoms with Gasteiger partial charge in [-0.15, -0.1) is 0 Å². The molecule has 0 nitrogen and oxygen atoms in total. The fourth-order valence-corrected chi connectivity index (χ4v) is 3.90. The van der Waals surface area contributed by atoms with Crippen molar-refractivity contribution < 1.29 is 0 Å². The van der Waals surface area contributed by atoms with Crippen molar-refractivity contribution in [2.75, 3.05) is 0 Å². The van der Waals surface area contributed by atoms with Crippen LogP contribution in [0.15, 0.2) is 0 Å². The predicted molar refractivity (Wildman–Crippen MR) is 82.7 cm³/mol. The molecule has 0 aromatic rings. The largest absolute Gasteiger partial charge is 0.0651 e. The summed E-state index contributed by atoms with van der Waals surface area (Å²) in [7, 11) is 0. The highest BCUT2D eigenvalue weighted by Gasteiger charge is 2.54. The van der Waals surface area contributed by atoms with E-state index in [2.05, 4.69) is 48.5 Å². The molecule has 0 aromatic heterocycles. The van der Waals surface area contributed by atoms with Crippen molar-refractivity contribution in [3.05, 3.63) is 0 Å². The first-order valence-corrected chi connectivity index (χ1v) is 8.35. The molecule has 0 amide bonds. The zero-order chi connectivity index (χ0) is 13.9. The van der Waals surface area contributed by atoms with Gasteiger partial charge in [-0.25, -0.2) is 0 Å². The van der Waals surface area contributed by atoms with E-state index in [0.717, 1.165) is 29.6 Å². The molecular weight excluding hydrogens is 216 g/mol. The molecule has 0 aromatic carbocycles. The molecule has 1 aliphatic carbocycles. The lowest BCUT2D eigenvalue weighted by Crippen LogP contribution is -2.22. The Kier molecular flexibility index (Phi) is 5.74. The first-order valence-electron chi connectivity index (χ1n) is 8.35. The smallest absolute Gasteiger partial charge is 0.0291 e. The molecule has 0 heterocycles. The molecule has 0 bridgehead atoms. The van der Waals surface area contributed by atoms with E-state index in [0.29, 0.717) is 5.41 Å². The molecule has 18 heavy (non-hydrogen) atoms. The van der Waals surface area contributed by atoms with E-state index in [-0.39, 0.29) is 0 Å². The van der Waals surface area contributed by atoms with Gasteiger partial charge in [-0.05, 0) is 47.8 Å². The maximum absolute atomic E-state index is 2.55. The van der Waals surface area contributed by atoms with Gasteiger partial charge in [0.1, 0.15) is 0 Å². The number of rotatable bonds is 8. The molecular formula is C18H36. The summed E-state index contributed by atoms with van der Waals surface area (Å²) in [5.41, 5.74) is 0.682. The lowest BCUT2D eigenvalue weighted by atomic mass is 9.76. The second-order valence-electron chi connectivity index (χ2n) is 7.72. The average molecular weight is 252 g/mol. The standard InChI is InChI=1S/C18H36/c1-8-14(5)10-11-18(7)12-16(18)17(13(3)4)15(6)9-2/h13-17H,8-12H2,1-7H3. The van der Waals surface area contributed by atoms with Crippen LogP contribution >= 0.6 is 0 Å². The van der Waals surface area contributed by atoms with E-state index >= 15 is 0 Å². The fourth-order valence-electron chi connectivity index (χ4n) is 3.90. The van der Waals surface area contributed by atoms with Crippen LogP contribution < -0.4 is 0 Å². The van der Waals surface area contributed by atoms with Crippen molar-refractivity contribution in [2.45, 2.75) is 80.6 Å². The first-order chi connectivity index (χ1) is 8.35. The summed E-state index contributed by atoms with van der Waals surface area (Å²) in [4.78, 5) is 0. The van der Waals surface area contributed by atoms with Gasteiger partial charge >= 0.3 is 0 Å². The Morgan fingerprint density at radius 3 is 2.11 bits per heavy atom. The second kappa shape index (κ2) is 6.44. The van der Waals surface area contributed by atoms with Crippen LogP contribution in [-0.2, 0) is 0 Å². The van der Waals surface area contributed by atoms with Gasteiger partial charge < -0.3 is 0 Å². The molecule has 0 aliphatic heterocycles. The molecule has 0 spiro atoms. The van der Waals surface area contributed by atoms with Crippen LogP contribution in [0.4, 0.5) is 0 Å². The average Bonchev–Trinajstić information content (AvgIpc) is 2.98. The summed E-state index contributed by atoms with van der Waals surface area (Å²) in [5.74, 6) is 4.65. The molecule has 1 saturated carbocycles. The van der Waals surface area contributed by atoms with Crippen LogP contribution in [0, 0.1) is 35.0 Å². The minimum absolute atomic E-state index is 0.682. The lowest BCUT2D eigenvalue weighted by molar-refractivity contribution is 0.196. The van der Waals surface area contributed by atoms with Crippen molar-refractivity contribution in [2.24, 2.45) is 35.0 Å². The minimum Gasteiger partial charge on any atom is -0.0651 e. The molecule has 1 fully saturated rings. The normalized spacial score (nSPS) is 32.3. The Labute approximate surface area is 116 Å². The quantitative estimate of drug-likeness (QED) is 0.485. The Hall–Kier alpha value is 0. The van der Waals surface area contributed by atoms with Crippen molar-refractivity contribution in [3.8, 4) is 0 Å². The summed E-state index contributed by atoms with van der Waals surface area (Å²) in [6.45, 7) is 17.0. The number of hydrogen-bond donors (Lipinski definition) is 0. The molecule has 1 rings (SSSR count). The highest BCUT2D eigenvalue weighted by molar-refractivity contribution is 5.03. The highest BCUT2D eigenvalue weighted by Crippen LogP contribution is 2.62. The van der Waals surface area contributed by atoms with Crippen molar-refractivity contribution in [1.29, 1.82) is 0 Å². The lowest BCUT2D eigenvalue weighted by Gasteiger charge is -2.29. The minimum atomic E-state index is 0.682. The van der Waals surface area contributed by atoms with E-state index in [1.807, 2.05) is 0 Å². The summed E-state index contributed by atoms with van der Waals surface area (Å²) in [6, 6.07) is 0. The van der Waals surface area contributed by atoms with Crippen LogP contribution in [0.25, 0.3) is 0 Å². The van der Waals surface area contributed by atoms with Gasteiger partial charge in [-0.3, -0.25) is 0 Å².